The minimum Gasteiger partial charge on any atom is -0.373 e. The summed E-state index contributed by atoms with van der Waals surface area (Å²) in [5.41, 5.74) is -4.65. The van der Waals surface area contributed by atoms with Gasteiger partial charge in [-0.2, -0.15) is 13.2 Å². The van der Waals surface area contributed by atoms with Gasteiger partial charge in [0.15, 0.2) is 0 Å². The SMILES string of the molecule is CCN1C(=O)[C@H](CC(C)C)NC(=O)[C@@H](N(C)C(=O)[C@H](CC2CC2)NC(=O)[C@@H]2C[C@@H](F)CN2C(=O)[C@@](C)(O)C(F)(F)F)CCCCNC(=O)C2(CC2)NC(=O)[C@@H]1Cc1cc(Cl)ccc1Cl. The highest BCUT2D eigenvalue weighted by Crippen LogP contribution is 2.38. The quantitative estimate of drug-likeness (QED) is 0.196. The second-order valence-corrected chi connectivity index (χ2v) is 19.0. The first kappa shape index (κ1) is 50.8. The third-order valence-electron chi connectivity index (χ3n) is 12.6. The molecule has 5 rings (SSSR count). The molecule has 7 amide bonds. The Balaban J connectivity index is 1.45. The minimum absolute atomic E-state index is 0.00402. The van der Waals surface area contributed by atoms with Crippen LogP contribution in [0.15, 0.2) is 18.2 Å². The van der Waals surface area contributed by atoms with Gasteiger partial charge in [-0.25, -0.2) is 4.39 Å². The molecule has 7 atom stereocenters. The van der Waals surface area contributed by atoms with Gasteiger partial charge in [-0.3, -0.25) is 33.6 Å². The van der Waals surface area contributed by atoms with E-state index in [9.17, 15) is 56.2 Å². The number of carbonyl (C=O) groups excluding carboxylic acids is 7. The Morgan fingerprint density at radius 2 is 1.70 bits per heavy atom. The summed E-state index contributed by atoms with van der Waals surface area (Å²) < 4.78 is 55.6. The number of likely N-dealkylation sites (N-methyl/N-ethyl adjacent to an activating group) is 2. The van der Waals surface area contributed by atoms with Crippen LogP contribution in [0.25, 0.3) is 0 Å². The van der Waals surface area contributed by atoms with E-state index in [1.165, 1.54) is 11.9 Å². The van der Waals surface area contributed by atoms with Crippen molar-refractivity contribution in [1.29, 1.82) is 0 Å². The lowest BCUT2D eigenvalue weighted by molar-refractivity contribution is -0.250. The lowest BCUT2D eigenvalue weighted by Crippen LogP contribution is -2.62. The number of nitrogens with zero attached hydrogens (tertiary/aromatic N) is 3. The van der Waals surface area contributed by atoms with Crippen molar-refractivity contribution in [3.05, 3.63) is 33.8 Å². The fraction of sp³-hybridized carbons (Fsp3) is 0.698. The Hall–Kier alpha value is -4.23. The molecule has 2 aliphatic carbocycles. The normalized spacial score (nSPS) is 26.2. The molecular weight excluding hydrogens is 889 g/mol. The third-order valence-corrected chi connectivity index (χ3v) is 13.2. The van der Waals surface area contributed by atoms with Gasteiger partial charge in [0.05, 0.1) is 6.54 Å². The summed E-state index contributed by atoms with van der Waals surface area (Å²) in [6.45, 7) is 4.84. The van der Waals surface area contributed by atoms with Crippen LogP contribution in [0.2, 0.25) is 10.0 Å². The number of rotatable bonds is 12. The maximum atomic E-state index is 14.7. The van der Waals surface area contributed by atoms with E-state index >= 15 is 0 Å². The standard InChI is InChI=1S/C43H59Cl2F4N7O8/c1-6-55-32(20-25-19-26(44)12-13-28(25)45)36(59)53-42(14-15-42)39(62)50-16-8-7-9-31(34(57)51-29(38(55)61)17-23(2)3)54(5)37(60)30(18-24-10-11-24)52-35(58)33-21-27(46)22-56(33)40(63)41(4,64)43(47,48)49/h12-13,19,23-24,27,29-33,64H,6-11,14-18,20-22H2,1-5H3,(H,50,62)(H,51,57)(H,52,58)(H,53,59)/t27-,29+,30+,31+,32+,33+,41-/m1/s1. The monoisotopic (exact) mass is 947 g/mol. The van der Waals surface area contributed by atoms with Crippen LogP contribution < -0.4 is 21.3 Å². The second-order valence-electron chi connectivity index (χ2n) is 18.2. The summed E-state index contributed by atoms with van der Waals surface area (Å²) >= 11 is 12.8. The zero-order chi connectivity index (χ0) is 47.5. The molecule has 1 spiro atoms. The molecule has 64 heavy (non-hydrogen) atoms. The number of aliphatic hydroxyl groups is 1. The van der Waals surface area contributed by atoms with Gasteiger partial charge >= 0.3 is 6.18 Å². The van der Waals surface area contributed by atoms with E-state index in [2.05, 4.69) is 21.3 Å². The smallest absolute Gasteiger partial charge is 0.373 e. The molecule has 2 saturated carbocycles. The van der Waals surface area contributed by atoms with Crippen LogP contribution in [-0.4, -0.2) is 142 Å². The zero-order valence-electron chi connectivity index (χ0n) is 36.7. The third kappa shape index (κ3) is 12.0. The summed E-state index contributed by atoms with van der Waals surface area (Å²) in [5.74, 6) is -6.33. The topological polar surface area (TPSA) is 198 Å². The fourth-order valence-electron chi connectivity index (χ4n) is 8.36. The molecule has 0 unspecified atom stereocenters. The van der Waals surface area contributed by atoms with Crippen LogP contribution >= 0.6 is 23.2 Å². The molecule has 356 valence electrons. The highest BCUT2D eigenvalue weighted by atomic mass is 35.5. The number of alkyl halides is 4. The van der Waals surface area contributed by atoms with Crippen LogP contribution in [-0.2, 0) is 40.0 Å². The van der Waals surface area contributed by atoms with Crippen molar-refractivity contribution in [2.24, 2.45) is 11.8 Å². The fourth-order valence-corrected chi connectivity index (χ4v) is 8.75. The predicted octanol–water partition coefficient (Wildman–Crippen LogP) is 3.60. The van der Waals surface area contributed by atoms with Crippen molar-refractivity contribution >= 4 is 64.6 Å². The number of amides is 7. The van der Waals surface area contributed by atoms with Crippen molar-refractivity contribution in [2.45, 2.75) is 152 Å². The number of carbonyl (C=O) groups is 7. The van der Waals surface area contributed by atoms with Gasteiger partial charge in [0.2, 0.25) is 41.0 Å². The van der Waals surface area contributed by atoms with Crippen molar-refractivity contribution in [3.63, 3.8) is 0 Å². The Kier molecular flexibility index (Phi) is 16.3. The molecule has 5 N–H and O–H groups in total. The minimum atomic E-state index is -5.43. The van der Waals surface area contributed by atoms with Crippen LogP contribution in [0.3, 0.4) is 0 Å². The van der Waals surface area contributed by atoms with Crippen LogP contribution in [0, 0.1) is 11.8 Å². The average Bonchev–Trinajstić information content (AvgIpc) is 4.16. The predicted molar refractivity (Wildman–Crippen MR) is 227 cm³/mol. The molecule has 0 aromatic heterocycles. The van der Waals surface area contributed by atoms with Crippen LogP contribution in [0.4, 0.5) is 17.6 Å². The van der Waals surface area contributed by atoms with E-state index in [1.54, 1.807) is 25.1 Å². The highest BCUT2D eigenvalue weighted by Gasteiger charge is 2.60. The van der Waals surface area contributed by atoms with Crippen molar-refractivity contribution in [2.75, 3.05) is 26.7 Å². The zero-order valence-corrected chi connectivity index (χ0v) is 38.2. The number of benzene rings is 1. The number of hydrogen-bond donors (Lipinski definition) is 5. The van der Waals surface area contributed by atoms with Gasteiger partial charge < -0.3 is 41.1 Å². The molecule has 15 nitrogen and oxygen atoms in total. The van der Waals surface area contributed by atoms with E-state index < -0.39 is 108 Å². The number of nitrogens with one attached hydrogen (secondary N) is 4. The molecule has 21 heteroatoms. The number of hydrogen-bond acceptors (Lipinski definition) is 8. The van der Waals surface area contributed by atoms with E-state index in [-0.39, 0.29) is 64.0 Å². The van der Waals surface area contributed by atoms with Crippen LogP contribution in [0.5, 0.6) is 0 Å². The lowest BCUT2D eigenvalue weighted by Gasteiger charge is -2.36. The van der Waals surface area contributed by atoms with Gasteiger partial charge in [-0.05, 0) is 94.4 Å². The maximum Gasteiger partial charge on any atom is 0.426 e. The average molecular weight is 949 g/mol. The molecular formula is C43H59Cl2F4N7O8. The molecule has 2 aliphatic heterocycles. The Morgan fingerprint density at radius 1 is 1.03 bits per heavy atom. The Morgan fingerprint density at radius 3 is 2.30 bits per heavy atom. The molecule has 1 aromatic carbocycles. The molecule has 2 heterocycles. The van der Waals surface area contributed by atoms with E-state index in [0.717, 1.165) is 4.90 Å². The van der Waals surface area contributed by atoms with Crippen molar-refractivity contribution in [1.82, 2.24) is 36.0 Å². The molecule has 2 saturated heterocycles. The summed E-state index contributed by atoms with van der Waals surface area (Å²) in [5, 5.41) is 21.8. The first-order valence-electron chi connectivity index (χ1n) is 21.9. The molecule has 1 aromatic rings. The number of halogens is 6. The first-order chi connectivity index (χ1) is 29.9. The molecule has 0 bridgehead atoms. The molecule has 4 aliphatic rings. The van der Waals surface area contributed by atoms with Gasteiger partial charge in [0, 0.05) is 43.0 Å². The summed E-state index contributed by atoms with van der Waals surface area (Å²) in [4.78, 5) is 101. The van der Waals surface area contributed by atoms with E-state index in [4.69, 9.17) is 23.2 Å². The first-order valence-corrected chi connectivity index (χ1v) is 22.6. The van der Waals surface area contributed by atoms with E-state index in [1.807, 2.05) is 13.8 Å². The van der Waals surface area contributed by atoms with Gasteiger partial charge in [0.25, 0.3) is 5.91 Å². The summed E-state index contributed by atoms with van der Waals surface area (Å²) in [6.07, 6.45) is -5.10. The number of likely N-dealkylation sites (tertiary alicyclic amines) is 1. The Bertz CT molecular complexity index is 1950. The van der Waals surface area contributed by atoms with Crippen molar-refractivity contribution in [3.8, 4) is 0 Å². The lowest BCUT2D eigenvalue weighted by atomic mass is 9.97. The largest absolute Gasteiger partial charge is 0.426 e. The van der Waals surface area contributed by atoms with Crippen LogP contribution in [0.1, 0.15) is 97.5 Å². The van der Waals surface area contributed by atoms with Crippen molar-refractivity contribution < 1.29 is 56.2 Å². The van der Waals surface area contributed by atoms with E-state index in [0.29, 0.717) is 52.6 Å². The highest BCUT2D eigenvalue weighted by molar-refractivity contribution is 6.33. The maximum absolute atomic E-state index is 14.7. The molecule has 0 radical (unpaired) electrons. The second kappa shape index (κ2) is 20.5. The molecule has 4 fully saturated rings. The van der Waals surface area contributed by atoms with Gasteiger partial charge in [-0.1, -0.05) is 49.9 Å². The summed E-state index contributed by atoms with van der Waals surface area (Å²) in [7, 11) is 1.34. The summed E-state index contributed by atoms with van der Waals surface area (Å²) in [6, 6.07) is -2.08. The van der Waals surface area contributed by atoms with Gasteiger partial charge in [0.1, 0.15) is 41.9 Å². The van der Waals surface area contributed by atoms with Gasteiger partial charge in [-0.15, -0.1) is 0 Å². The Labute approximate surface area is 380 Å².